The Morgan fingerprint density at radius 1 is 1.00 bits per heavy atom. The maximum absolute atomic E-state index is 11.6. The Morgan fingerprint density at radius 3 is 1.57 bits per heavy atom. The molecule has 0 bridgehead atoms. The first kappa shape index (κ1) is 13.9. The van der Waals surface area contributed by atoms with E-state index in [1.165, 1.54) is 6.26 Å². The van der Waals surface area contributed by atoms with Gasteiger partial charge in [0.05, 0.1) is 4.75 Å². The van der Waals surface area contributed by atoms with Crippen LogP contribution in [0, 0.1) is 5.41 Å². The minimum Gasteiger partial charge on any atom is -0.229 e. The monoisotopic (exact) mass is 220 g/mol. The number of rotatable bonds is 5. The molecule has 86 valence electrons. The van der Waals surface area contributed by atoms with Gasteiger partial charge in [0, 0.05) is 6.26 Å². The maximum Gasteiger partial charge on any atom is 0.152 e. The van der Waals surface area contributed by atoms with Crippen molar-refractivity contribution >= 4 is 9.84 Å². The van der Waals surface area contributed by atoms with E-state index < -0.39 is 14.6 Å². The van der Waals surface area contributed by atoms with Gasteiger partial charge in [0.25, 0.3) is 0 Å². The van der Waals surface area contributed by atoms with E-state index in [-0.39, 0.29) is 5.41 Å². The maximum atomic E-state index is 11.6. The van der Waals surface area contributed by atoms with E-state index in [9.17, 15) is 8.42 Å². The van der Waals surface area contributed by atoms with E-state index in [0.29, 0.717) is 0 Å². The zero-order chi connectivity index (χ0) is 11.6. The smallest absolute Gasteiger partial charge is 0.152 e. The molecular formula is C11H24O2S. The van der Waals surface area contributed by atoms with Crippen molar-refractivity contribution in [1.82, 2.24) is 0 Å². The highest BCUT2D eigenvalue weighted by molar-refractivity contribution is 7.92. The van der Waals surface area contributed by atoms with Gasteiger partial charge in [-0.1, -0.05) is 33.6 Å². The number of hydrogen-bond acceptors (Lipinski definition) is 2. The summed E-state index contributed by atoms with van der Waals surface area (Å²) in [5.74, 6) is 0. The van der Waals surface area contributed by atoms with Gasteiger partial charge in [-0.3, -0.25) is 0 Å². The van der Waals surface area contributed by atoms with Crippen molar-refractivity contribution in [2.45, 2.75) is 58.6 Å². The van der Waals surface area contributed by atoms with Gasteiger partial charge in [-0.05, 0) is 25.7 Å². The van der Waals surface area contributed by atoms with Gasteiger partial charge in [0.15, 0.2) is 9.84 Å². The van der Waals surface area contributed by atoms with Crippen LogP contribution >= 0.6 is 0 Å². The zero-order valence-corrected chi connectivity index (χ0v) is 11.2. The lowest BCUT2D eigenvalue weighted by Gasteiger charge is -2.35. The summed E-state index contributed by atoms with van der Waals surface area (Å²) in [7, 11) is -2.96. The molecular weight excluding hydrogens is 196 g/mol. The fraction of sp³-hybridized carbons (Fsp3) is 1.00. The van der Waals surface area contributed by atoms with E-state index in [1.807, 2.05) is 13.8 Å². The van der Waals surface area contributed by atoms with E-state index in [4.69, 9.17) is 0 Å². The fourth-order valence-electron chi connectivity index (χ4n) is 1.66. The first-order valence-corrected chi connectivity index (χ1v) is 7.17. The summed E-state index contributed by atoms with van der Waals surface area (Å²) < 4.78 is 22.5. The molecule has 0 heterocycles. The molecule has 0 aromatic heterocycles. The predicted molar refractivity (Wildman–Crippen MR) is 62.2 cm³/mol. The molecule has 14 heavy (non-hydrogen) atoms. The molecule has 0 radical (unpaired) electrons. The minimum atomic E-state index is -2.96. The van der Waals surface area contributed by atoms with Crippen LogP contribution in [0.15, 0.2) is 0 Å². The molecule has 2 nitrogen and oxygen atoms in total. The highest BCUT2D eigenvalue weighted by Gasteiger charge is 2.36. The first-order valence-electron chi connectivity index (χ1n) is 5.27. The van der Waals surface area contributed by atoms with E-state index in [0.717, 1.165) is 19.3 Å². The SMILES string of the molecule is CCC(C)(CC)CC(C)(C)S(C)(=O)=O. The molecule has 0 amide bonds. The van der Waals surface area contributed by atoms with E-state index in [2.05, 4.69) is 20.8 Å². The molecule has 0 aliphatic carbocycles. The molecule has 0 spiro atoms. The molecule has 3 heteroatoms. The third-order valence-electron chi connectivity index (χ3n) is 3.56. The lowest BCUT2D eigenvalue weighted by Crippen LogP contribution is -2.36. The molecule has 0 aliphatic rings. The Bertz CT molecular complexity index is 272. The van der Waals surface area contributed by atoms with Gasteiger partial charge >= 0.3 is 0 Å². The lowest BCUT2D eigenvalue weighted by atomic mass is 9.77. The van der Waals surface area contributed by atoms with Crippen LogP contribution in [0.3, 0.4) is 0 Å². The van der Waals surface area contributed by atoms with Gasteiger partial charge < -0.3 is 0 Å². The molecule has 0 aliphatic heterocycles. The van der Waals surface area contributed by atoms with Crippen molar-refractivity contribution in [1.29, 1.82) is 0 Å². The summed E-state index contributed by atoms with van der Waals surface area (Å²) in [6.45, 7) is 10.1. The largest absolute Gasteiger partial charge is 0.229 e. The lowest BCUT2D eigenvalue weighted by molar-refractivity contribution is 0.244. The van der Waals surface area contributed by atoms with Crippen LogP contribution in [0.4, 0.5) is 0 Å². The molecule has 0 unspecified atom stereocenters. The average molecular weight is 220 g/mol. The standard InChI is InChI=1S/C11H24O2S/c1-7-11(5,8-2)9-10(3,4)14(6,12)13/h7-9H2,1-6H3. The van der Waals surface area contributed by atoms with Gasteiger partial charge in [-0.25, -0.2) is 8.42 Å². The Labute approximate surface area is 89.0 Å². The van der Waals surface area contributed by atoms with Crippen molar-refractivity contribution in [3.05, 3.63) is 0 Å². The van der Waals surface area contributed by atoms with Crippen LogP contribution in [0.5, 0.6) is 0 Å². The zero-order valence-electron chi connectivity index (χ0n) is 10.3. The molecule has 0 aromatic rings. The second kappa shape index (κ2) is 4.21. The van der Waals surface area contributed by atoms with Gasteiger partial charge in [-0.2, -0.15) is 0 Å². The van der Waals surface area contributed by atoms with Crippen LogP contribution in [0.1, 0.15) is 53.9 Å². The van der Waals surface area contributed by atoms with Crippen molar-refractivity contribution in [2.24, 2.45) is 5.41 Å². The number of sulfone groups is 1. The van der Waals surface area contributed by atoms with Crippen LogP contribution in [0.2, 0.25) is 0 Å². The fourth-order valence-corrected chi connectivity index (χ4v) is 2.27. The molecule has 0 saturated carbocycles. The van der Waals surface area contributed by atoms with Crippen molar-refractivity contribution in [3.8, 4) is 0 Å². The summed E-state index contributed by atoms with van der Waals surface area (Å²) in [6.07, 6.45) is 4.13. The Morgan fingerprint density at radius 2 is 1.36 bits per heavy atom. The number of hydrogen-bond donors (Lipinski definition) is 0. The Kier molecular flexibility index (Phi) is 4.20. The van der Waals surface area contributed by atoms with Gasteiger partial charge in [0.2, 0.25) is 0 Å². The average Bonchev–Trinajstić information content (AvgIpc) is 2.01. The first-order chi connectivity index (χ1) is 6.08. The van der Waals surface area contributed by atoms with E-state index >= 15 is 0 Å². The molecule has 0 atom stereocenters. The molecule has 0 fully saturated rings. The van der Waals surface area contributed by atoms with Crippen molar-refractivity contribution in [3.63, 3.8) is 0 Å². The Hall–Kier alpha value is -0.0500. The van der Waals surface area contributed by atoms with Gasteiger partial charge in [0.1, 0.15) is 0 Å². The van der Waals surface area contributed by atoms with Crippen LogP contribution < -0.4 is 0 Å². The summed E-state index contributed by atoms with van der Waals surface area (Å²) in [4.78, 5) is 0. The van der Waals surface area contributed by atoms with Crippen molar-refractivity contribution in [2.75, 3.05) is 6.26 Å². The predicted octanol–water partition coefficient (Wildman–Crippen LogP) is 3.03. The second-order valence-electron chi connectivity index (χ2n) is 5.23. The third-order valence-corrected chi connectivity index (χ3v) is 5.72. The summed E-state index contributed by atoms with van der Waals surface area (Å²) in [5, 5.41) is 0. The quantitative estimate of drug-likeness (QED) is 0.713. The van der Waals surface area contributed by atoms with Crippen LogP contribution in [-0.4, -0.2) is 19.4 Å². The minimum absolute atomic E-state index is 0.145. The molecule has 0 aromatic carbocycles. The van der Waals surface area contributed by atoms with Crippen LogP contribution in [0.25, 0.3) is 0 Å². The van der Waals surface area contributed by atoms with Crippen LogP contribution in [-0.2, 0) is 9.84 Å². The van der Waals surface area contributed by atoms with Crippen molar-refractivity contribution < 1.29 is 8.42 Å². The summed E-state index contributed by atoms with van der Waals surface area (Å²) in [5.41, 5.74) is 0.145. The second-order valence-corrected chi connectivity index (χ2v) is 7.88. The highest BCUT2D eigenvalue weighted by Crippen LogP contribution is 2.37. The summed E-state index contributed by atoms with van der Waals surface area (Å²) >= 11 is 0. The normalized spacial score (nSPS) is 14.4. The highest BCUT2D eigenvalue weighted by atomic mass is 32.2. The molecule has 0 saturated heterocycles. The third kappa shape index (κ3) is 3.26. The topological polar surface area (TPSA) is 34.1 Å². The molecule has 0 rings (SSSR count). The summed E-state index contributed by atoms with van der Waals surface area (Å²) in [6, 6.07) is 0. The molecule has 0 N–H and O–H groups in total. The van der Waals surface area contributed by atoms with Gasteiger partial charge in [-0.15, -0.1) is 0 Å². The van der Waals surface area contributed by atoms with E-state index in [1.54, 1.807) is 0 Å². The Balaban J connectivity index is 4.83.